The van der Waals surface area contributed by atoms with E-state index in [-0.39, 0.29) is 10.6 Å². The molecule has 5 nitrogen and oxygen atoms in total. The largest absolute Gasteiger partial charge is 0.324 e. The van der Waals surface area contributed by atoms with Gasteiger partial charge >= 0.3 is 0 Å². The summed E-state index contributed by atoms with van der Waals surface area (Å²) in [5, 5.41) is 15.8. The number of rotatable bonds is 7. The van der Waals surface area contributed by atoms with Gasteiger partial charge in [-0.2, -0.15) is 5.10 Å². The van der Waals surface area contributed by atoms with Gasteiger partial charge in [-0.25, -0.2) is 22.6 Å². The number of nitrogens with zero attached hydrogens (tertiary/aromatic N) is 4. The lowest BCUT2D eigenvalue weighted by molar-refractivity contribution is 0.481. The number of thioether (sulfide) groups is 1. The van der Waals surface area contributed by atoms with Crippen LogP contribution in [-0.2, 0) is 4.87 Å². The summed E-state index contributed by atoms with van der Waals surface area (Å²) in [6.07, 6.45) is 0.636. The molecule has 4 aromatic rings. The van der Waals surface area contributed by atoms with E-state index in [0.717, 1.165) is 30.0 Å². The molecule has 2 heterocycles. The number of halogens is 4. The van der Waals surface area contributed by atoms with Gasteiger partial charge in [-0.05, 0) is 73.4 Å². The molecule has 3 aromatic carbocycles. The molecule has 37 heavy (non-hydrogen) atoms. The number of hydrogen-bond acceptors (Lipinski definition) is 7. The summed E-state index contributed by atoms with van der Waals surface area (Å²) in [6.45, 7) is 1.78. The van der Waals surface area contributed by atoms with E-state index >= 15 is 0 Å². The molecule has 2 atom stereocenters. The first kappa shape index (κ1) is 25.4. The zero-order chi connectivity index (χ0) is 26.2. The monoisotopic (exact) mass is 543 g/mol. The van der Waals surface area contributed by atoms with Crippen molar-refractivity contribution in [1.29, 1.82) is 0 Å². The Hall–Kier alpha value is -3.28. The summed E-state index contributed by atoms with van der Waals surface area (Å²) in [5.41, 5.74) is 7.56. The zero-order valence-electron chi connectivity index (χ0n) is 19.5. The number of anilines is 1. The Morgan fingerprint density at radius 1 is 0.919 bits per heavy atom. The second-order valence-corrected chi connectivity index (χ2v) is 11.0. The Morgan fingerprint density at radius 3 is 2.35 bits per heavy atom. The molecule has 1 aromatic heterocycles. The van der Waals surface area contributed by atoms with Crippen molar-refractivity contribution >= 4 is 33.3 Å². The third kappa shape index (κ3) is 5.11. The van der Waals surface area contributed by atoms with Gasteiger partial charge in [-0.15, -0.1) is 10.2 Å². The number of hydrogen-bond donors (Lipinski definition) is 1. The SMILES string of the molecule is Cc1nnc(N2N=C(c3cc(F)ccc3F)SC2(CCC(N)c2cccc(F)c2)c2cccc(F)c2)s1. The van der Waals surface area contributed by atoms with Gasteiger partial charge in [0.25, 0.3) is 0 Å². The van der Waals surface area contributed by atoms with E-state index in [2.05, 4.69) is 15.3 Å². The minimum Gasteiger partial charge on any atom is -0.324 e. The molecule has 0 amide bonds. The molecule has 2 N–H and O–H groups in total. The van der Waals surface area contributed by atoms with Gasteiger partial charge in [0, 0.05) is 11.6 Å². The maximum atomic E-state index is 14.8. The lowest BCUT2D eigenvalue weighted by Crippen LogP contribution is -2.38. The molecule has 5 rings (SSSR count). The Kier molecular flexibility index (Phi) is 7.02. The zero-order valence-corrected chi connectivity index (χ0v) is 21.2. The number of aryl methyl sites for hydroxylation is 1. The first-order chi connectivity index (χ1) is 17.7. The summed E-state index contributed by atoms with van der Waals surface area (Å²) in [6, 6.07) is 14.6. The van der Waals surface area contributed by atoms with Crippen LogP contribution in [0.4, 0.5) is 22.7 Å². The second kappa shape index (κ2) is 10.2. The highest BCUT2D eigenvalue weighted by atomic mass is 32.2. The van der Waals surface area contributed by atoms with Crippen LogP contribution in [0.25, 0.3) is 0 Å². The number of hydrazone groups is 1. The quantitative estimate of drug-likeness (QED) is 0.264. The van der Waals surface area contributed by atoms with Crippen molar-refractivity contribution in [3.8, 4) is 0 Å². The summed E-state index contributed by atoms with van der Waals surface area (Å²) >= 11 is 2.42. The average Bonchev–Trinajstić information content (AvgIpc) is 3.48. The van der Waals surface area contributed by atoms with E-state index in [9.17, 15) is 17.6 Å². The summed E-state index contributed by atoms with van der Waals surface area (Å²) in [5.74, 6) is -2.13. The van der Waals surface area contributed by atoms with Crippen LogP contribution in [0.2, 0.25) is 0 Å². The van der Waals surface area contributed by atoms with E-state index in [0.29, 0.717) is 34.1 Å². The predicted molar refractivity (Wildman–Crippen MR) is 138 cm³/mol. The van der Waals surface area contributed by atoms with Crippen molar-refractivity contribution in [3.63, 3.8) is 0 Å². The van der Waals surface area contributed by atoms with E-state index in [1.165, 1.54) is 35.6 Å². The minimum absolute atomic E-state index is 0.0241. The van der Waals surface area contributed by atoms with Crippen LogP contribution in [0, 0.1) is 30.2 Å². The van der Waals surface area contributed by atoms with Gasteiger partial charge in [-0.1, -0.05) is 47.4 Å². The molecular weight excluding hydrogens is 522 g/mol. The smallest absolute Gasteiger partial charge is 0.230 e. The van der Waals surface area contributed by atoms with Gasteiger partial charge in [0.05, 0.1) is 0 Å². The molecule has 0 fully saturated rings. The first-order valence-electron chi connectivity index (χ1n) is 11.4. The van der Waals surface area contributed by atoms with Gasteiger partial charge in [0.1, 0.15) is 38.2 Å². The third-order valence-corrected chi connectivity index (χ3v) is 8.26. The van der Waals surface area contributed by atoms with Crippen LogP contribution in [0.1, 0.15) is 40.6 Å². The number of nitrogens with two attached hydrogens (primary N) is 1. The van der Waals surface area contributed by atoms with Crippen molar-refractivity contribution in [1.82, 2.24) is 10.2 Å². The van der Waals surface area contributed by atoms with Crippen LogP contribution in [0.5, 0.6) is 0 Å². The molecule has 1 aliphatic heterocycles. The lowest BCUT2D eigenvalue weighted by atomic mass is 9.95. The van der Waals surface area contributed by atoms with E-state index in [1.54, 1.807) is 36.2 Å². The Morgan fingerprint density at radius 2 is 1.65 bits per heavy atom. The van der Waals surface area contributed by atoms with Crippen molar-refractivity contribution < 1.29 is 17.6 Å². The normalized spacial score (nSPS) is 18.2. The highest BCUT2D eigenvalue weighted by molar-refractivity contribution is 8.15. The molecule has 0 bridgehead atoms. The molecular formula is C26H21F4N5S2. The lowest BCUT2D eigenvalue weighted by Gasteiger charge is -2.36. The van der Waals surface area contributed by atoms with Gasteiger partial charge in [0.15, 0.2) is 0 Å². The van der Waals surface area contributed by atoms with Crippen molar-refractivity contribution in [2.45, 2.75) is 30.7 Å². The van der Waals surface area contributed by atoms with Crippen molar-refractivity contribution in [2.24, 2.45) is 10.8 Å². The Bertz CT molecular complexity index is 1480. The number of benzene rings is 3. The fourth-order valence-corrected chi connectivity index (χ4v) is 6.36. The summed E-state index contributed by atoms with van der Waals surface area (Å²) < 4.78 is 57.3. The van der Waals surface area contributed by atoms with Crippen LogP contribution in [-0.4, -0.2) is 15.2 Å². The number of aromatic nitrogens is 2. The highest BCUT2D eigenvalue weighted by Gasteiger charge is 2.48. The maximum absolute atomic E-state index is 14.8. The Labute approximate surface area is 219 Å². The highest BCUT2D eigenvalue weighted by Crippen LogP contribution is 2.53. The molecule has 190 valence electrons. The van der Waals surface area contributed by atoms with Crippen molar-refractivity contribution in [2.75, 3.05) is 5.01 Å². The van der Waals surface area contributed by atoms with Gasteiger partial charge < -0.3 is 5.73 Å². The van der Waals surface area contributed by atoms with E-state index in [1.807, 2.05) is 0 Å². The Balaban J connectivity index is 1.61. The first-order valence-corrected chi connectivity index (χ1v) is 13.0. The van der Waals surface area contributed by atoms with Crippen LogP contribution >= 0.6 is 23.1 Å². The molecule has 1 aliphatic rings. The van der Waals surface area contributed by atoms with Crippen LogP contribution < -0.4 is 10.7 Å². The predicted octanol–water partition coefficient (Wildman–Crippen LogP) is 6.65. The van der Waals surface area contributed by atoms with Crippen LogP contribution in [0.3, 0.4) is 0 Å². The molecule has 0 saturated carbocycles. The molecule has 0 saturated heterocycles. The summed E-state index contributed by atoms with van der Waals surface area (Å²) in [4.78, 5) is -1.12. The average molecular weight is 544 g/mol. The van der Waals surface area contributed by atoms with Gasteiger partial charge in [0.2, 0.25) is 5.13 Å². The van der Waals surface area contributed by atoms with Crippen molar-refractivity contribution in [3.05, 3.63) is 112 Å². The second-order valence-electron chi connectivity index (χ2n) is 8.54. The molecule has 0 radical (unpaired) electrons. The standard InChI is InChI=1S/C26H21F4N5S2/c1-15-32-33-25(36-15)35-26(17-5-3-7-19(28)13-17,11-10-23(31)16-4-2-6-18(27)12-16)37-24(34-35)21-14-20(29)8-9-22(21)30/h2-9,12-14,23H,10-11,31H2,1H3. The topological polar surface area (TPSA) is 67.4 Å². The fraction of sp³-hybridized carbons (Fsp3) is 0.192. The molecule has 11 heteroatoms. The maximum Gasteiger partial charge on any atom is 0.230 e. The van der Waals surface area contributed by atoms with Crippen LogP contribution in [0.15, 0.2) is 71.8 Å². The fourth-order valence-electron chi connectivity index (χ4n) is 4.20. The third-order valence-electron chi connectivity index (χ3n) is 6.00. The molecule has 2 unspecified atom stereocenters. The molecule has 0 aliphatic carbocycles. The van der Waals surface area contributed by atoms with E-state index in [4.69, 9.17) is 5.73 Å². The minimum atomic E-state index is -1.12. The summed E-state index contributed by atoms with van der Waals surface area (Å²) in [7, 11) is 0. The molecule has 0 spiro atoms. The van der Waals surface area contributed by atoms with E-state index < -0.39 is 34.2 Å². The van der Waals surface area contributed by atoms with Gasteiger partial charge in [-0.3, -0.25) is 0 Å².